The Labute approximate surface area is 116 Å². The number of nitrogen functional groups attached to an aromatic ring is 1. The lowest BCUT2D eigenvalue weighted by Gasteiger charge is -2.19. The number of rotatable bonds is 3. The summed E-state index contributed by atoms with van der Waals surface area (Å²) in [4.78, 5) is 4.15. The van der Waals surface area contributed by atoms with Crippen molar-refractivity contribution in [3.63, 3.8) is 0 Å². The molecule has 0 spiro atoms. The molecule has 3 rings (SSSR count). The minimum absolute atomic E-state index is 0.257. The van der Waals surface area contributed by atoms with Crippen molar-refractivity contribution in [2.75, 3.05) is 5.73 Å². The van der Waals surface area contributed by atoms with Crippen molar-refractivity contribution in [3.8, 4) is 0 Å². The number of hydrogen-bond acceptors (Lipinski definition) is 5. The first-order valence-corrected chi connectivity index (χ1v) is 6.35. The van der Waals surface area contributed by atoms with E-state index in [1.165, 1.54) is 0 Å². The van der Waals surface area contributed by atoms with Crippen LogP contribution < -0.4 is 17.0 Å². The fourth-order valence-electron chi connectivity index (χ4n) is 2.52. The third kappa shape index (κ3) is 1.93. The summed E-state index contributed by atoms with van der Waals surface area (Å²) in [6.45, 7) is 1.99. The van der Waals surface area contributed by atoms with Crippen molar-refractivity contribution >= 4 is 16.8 Å². The molecule has 0 bridgehead atoms. The van der Waals surface area contributed by atoms with Gasteiger partial charge in [0, 0.05) is 22.7 Å². The Bertz CT molecular complexity index is 730. The molecule has 0 saturated heterocycles. The van der Waals surface area contributed by atoms with Crippen LogP contribution in [-0.2, 0) is 0 Å². The fraction of sp³-hybridized carbons (Fsp3) is 0.133. The predicted octanol–water partition coefficient (Wildman–Crippen LogP) is 2.27. The first-order valence-electron chi connectivity index (χ1n) is 6.35. The number of hydrazine groups is 1. The van der Waals surface area contributed by atoms with E-state index >= 15 is 0 Å². The summed E-state index contributed by atoms with van der Waals surface area (Å²) in [5.41, 5.74) is 12.5. The van der Waals surface area contributed by atoms with Crippen LogP contribution in [0.2, 0.25) is 0 Å². The number of fused-ring (bicyclic) bond motifs is 1. The number of pyridine rings is 1. The van der Waals surface area contributed by atoms with E-state index in [1.54, 1.807) is 12.5 Å². The number of hydrogen-bond donors (Lipinski definition) is 3. The number of benzene rings is 1. The van der Waals surface area contributed by atoms with Gasteiger partial charge >= 0.3 is 0 Å². The van der Waals surface area contributed by atoms with Gasteiger partial charge in [-0.15, -0.1) is 0 Å². The zero-order chi connectivity index (χ0) is 14.1. The molecule has 1 atom stereocenters. The molecule has 0 saturated carbocycles. The topological polar surface area (TPSA) is 90.1 Å². The molecular weight excluding hydrogens is 252 g/mol. The molecule has 0 aliphatic rings. The Hall–Kier alpha value is -2.37. The minimum atomic E-state index is -0.257. The molecule has 1 unspecified atom stereocenters. The van der Waals surface area contributed by atoms with Crippen molar-refractivity contribution < 1.29 is 4.42 Å². The van der Waals surface area contributed by atoms with Crippen molar-refractivity contribution in [1.82, 2.24) is 10.4 Å². The minimum Gasteiger partial charge on any atom is -0.464 e. The molecule has 2 heterocycles. The summed E-state index contributed by atoms with van der Waals surface area (Å²) in [6, 6.07) is 9.48. The Kier molecular flexibility index (Phi) is 3.14. The van der Waals surface area contributed by atoms with Crippen LogP contribution in [0.3, 0.4) is 0 Å². The fourth-order valence-corrected chi connectivity index (χ4v) is 2.52. The Morgan fingerprint density at radius 2 is 2.05 bits per heavy atom. The first kappa shape index (κ1) is 12.7. The maximum atomic E-state index is 6.01. The van der Waals surface area contributed by atoms with Gasteiger partial charge in [-0.1, -0.05) is 18.2 Å². The molecule has 0 aliphatic heterocycles. The molecule has 5 nitrogen and oxygen atoms in total. The van der Waals surface area contributed by atoms with Gasteiger partial charge in [0.05, 0.1) is 12.3 Å². The standard InChI is InChI=1S/C15H16N4O/c1-9-6-7-18-15(16)13(9)14(19-17)11-8-20-12-5-3-2-4-10(11)12/h2-8,14,19H,17H2,1H3,(H2,16,18). The smallest absolute Gasteiger partial charge is 0.134 e. The molecular formula is C15H16N4O. The van der Waals surface area contributed by atoms with Gasteiger partial charge in [0.15, 0.2) is 0 Å². The number of nitrogens with two attached hydrogens (primary N) is 2. The molecule has 0 amide bonds. The summed E-state index contributed by atoms with van der Waals surface area (Å²) < 4.78 is 5.58. The highest BCUT2D eigenvalue weighted by atomic mass is 16.3. The van der Waals surface area contributed by atoms with Gasteiger partial charge in [-0.2, -0.15) is 0 Å². The number of aryl methyl sites for hydroxylation is 1. The zero-order valence-corrected chi connectivity index (χ0v) is 11.1. The van der Waals surface area contributed by atoms with Crippen molar-refractivity contribution in [2.24, 2.45) is 5.84 Å². The van der Waals surface area contributed by atoms with Crippen LogP contribution in [0.5, 0.6) is 0 Å². The highest BCUT2D eigenvalue weighted by Gasteiger charge is 2.22. The second-order valence-electron chi connectivity index (χ2n) is 4.71. The number of aromatic nitrogens is 1. The maximum absolute atomic E-state index is 6.01. The van der Waals surface area contributed by atoms with Crippen molar-refractivity contribution in [3.05, 3.63) is 59.5 Å². The lowest BCUT2D eigenvalue weighted by atomic mass is 9.96. The van der Waals surface area contributed by atoms with E-state index in [0.29, 0.717) is 5.82 Å². The Balaban J connectivity index is 2.20. The van der Waals surface area contributed by atoms with Crippen LogP contribution >= 0.6 is 0 Å². The van der Waals surface area contributed by atoms with Gasteiger partial charge in [-0.05, 0) is 24.6 Å². The van der Waals surface area contributed by atoms with Crippen molar-refractivity contribution in [1.29, 1.82) is 0 Å². The Morgan fingerprint density at radius 1 is 1.25 bits per heavy atom. The molecule has 5 N–H and O–H groups in total. The third-order valence-electron chi connectivity index (χ3n) is 3.52. The summed E-state index contributed by atoms with van der Waals surface area (Å²) in [5.74, 6) is 6.22. The number of para-hydroxylation sites is 1. The molecule has 5 heteroatoms. The lowest BCUT2D eigenvalue weighted by molar-refractivity contribution is 0.585. The average molecular weight is 268 g/mol. The SMILES string of the molecule is Cc1ccnc(N)c1C(NN)c1coc2ccccc12. The zero-order valence-electron chi connectivity index (χ0n) is 11.1. The molecule has 0 fully saturated rings. The molecule has 3 aromatic rings. The van der Waals surface area contributed by atoms with Gasteiger partial charge in [-0.25, -0.2) is 10.4 Å². The normalized spacial score (nSPS) is 12.7. The monoisotopic (exact) mass is 268 g/mol. The molecule has 102 valence electrons. The van der Waals surface area contributed by atoms with Crippen LogP contribution in [0, 0.1) is 6.92 Å². The molecule has 2 aromatic heterocycles. The van der Waals surface area contributed by atoms with Crippen LogP contribution in [0.25, 0.3) is 11.0 Å². The molecule has 1 aromatic carbocycles. The lowest BCUT2D eigenvalue weighted by Crippen LogP contribution is -2.30. The summed E-state index contributed by atoms with van der Waals surface area (Å²) in [5, 5.41) is 1.01. The van der Waals surface area contributed by atoms with E-state index in [-0.39, 0.29) is 6.04 Å². The van der Waals surface area contributed by atoms with E-state index in [1.807, 2.05) is 37.3 Å². The van der Waals surface area contributed by atoms with Gasteiger partial charge in [0.1, 0.15) is 11.4 Å². The maximum Gasteiger partial charge on any atom is 0.134 e. The second-order valence-corrected chi connectivity index (χ2v) is 4.71. The first-order chi connectivity index (χ1) is 9.72. The van der Waals surface area contributed by atoms with Crippen LogP contribution in [-0.4, -0.2) is 4.98 Å². The molecule has 20 heavy (non-hydrogen) atoms. The highest BCUT2D eigenvalue weighted by Crippen LogP contribution is 2.33. The summed E-state index contributed by atoms with van der Waals surface area (Å²) >= 11 is 0. The van der Waals surface area contributed by atoms with Gasteiger partial charge in [0.25, 0.3) is 0 Å². The van der Waals surface area contributed by atoms with E-state index < -0.39 is 0 Å². The average Bonchev–Trinajstić information content (AvgIpc) is 2.87. The van der Waals surface area contributed by atoms with Gasteiger partial charge in [0.2, 0.25) is 0 Å². The van der Waals surface area contributed by atoms with E-state index in [9.17, 15) is 0 Å². The third-order valence-corrected chi connectivity index (χ3v) is 3.52. The number of nitrogens with zero attached hydrogens (tertiary/aromatic N) is 1. The number of anilines is 1. The quantitative estimate of drug-likeness (QED) is 0.501. The molecule has 0 aliphatic carbocycles. The summed E-state index contributed by atoms with van der Waals surface area (Å²) in [6.07, 6.45) is 3.40. The highest BCUT2D eigenvalue weighted by molar-refractivity contribution is 5.82. The van der Waals surface area contributed by atoms with Crippen molar-refractivity contribution in [2.45, 2.75) is 13.0 Å². The van der Waals surface area contributed by atoms with Crippen LogP contribution in [0.4, 0.5) is 5.82 Å². The molecule has 0 radical (unpaired) electrons. The van der Waals surface area contributed by atoms with E-state index in [2.05, 4.69) is 10.4 Å². The largest absolute Gasteiger partial charge is 0.464 e. The van der Waals surface area contributed by atoms with Crippen LogP contribution in [0.15, 0.2) is 47.2 Å². The summed E-state index contributed by atoms with van der Waals surface area (Å²) in [7, 11) is 0. The number of nitrogens with one attached hydrogen (secondary N) is 1. The number of furan rings is 1. The second kappa shape index (κ2) is 4.96. The van der Waals surface area contributed by atoms with Gasteiger partial charge in [-0.3, -0.25) is 5.84 Å². The van der Waals surface area contributed by atoms with Crippen LogP contribution in [0.1, 0.15) is 22.7 Å². The van der Waals surface area contributed by atoms with E-state index in [4.69, 9.17) is 16.0 Å². The van der Waals surface area contributed by atoms with Gasteiger partial charge < -0.3 is 10.2 Å². The predicted molar refractivity (Wildman–Crippen MR) is 78.8 cm³/mol. The Morgan fingerprint density at radius 3 is 2.80 bits per heavy atom. The van der Waals surface area contributed by atoms with E-state index in [0.717, 1.165) is 27.7 Å².